The molecule has 0 atom stereocenters. The molecule has 0 unspecified atom stereocenters. The van der Waals surface area contributed by atoms with Crippen LogP contribution in [0.1, 0.15) is 13.3 Å². The number of rotatable bonds is 7. The molecule has 0 fully saturated rings. The zero-order valence-electron chi connectivity index (χ0n) is 11.5. The van der Waals surface area contributed by atoms with E-state index in [-0.39, 0.29) is 0 Å². The molecule has 2 rings (SSSR count). The number of para-hydroxylation sites is 1. The molecule has 1 aromatic heterocycles. The van der Waals surface area contributed by atoms with Crippen LogP contribution in [0.5, 0.6) is 0 Å². The van der Waals surface area contributed by atoms with Gasteiger partial charge in [0.25, 0.3) is 0 Å². The van der Waals surface area contributed by atoms with Gasteiger partial charge in [-0.25, -0.2) is 0 Å². The Labute approximate surface area is 113 Å². The SMILES string of the molecule is CCCN(CCNC)c1nnnn1-c1ccccc1. The molecule has 0 aliphatic rings. The normalized spacial score (nSPS) is 10.6. The molecule has 0 radical (unpaired) electrons. The van der Waals surface area contributed by atoms with Gasteiger partial charge in [-0.05, 0) is 36.0 Å². The molecule has 0 saturated carbocycles. The zero-order valence-corrected chi connectivity index (χ0v) is 11.5. The third-order valence-electron chi connectivity index (χ3n) is 2.86. The summed E-state index contributed by atoms with van der Waals surface area (Å²) in [4.78, 5) is 2.20. The minimum atomic E-state index is 0.795. The molecule has 0 amide bonds. The molecule has 0 spiro atoms. The van der Waals surface area contributed by atoms with Crippen LogP contribution in [0.25, 0.3) is 5.69 Å². The number of nitrogens with one attached hydrogen (secondary N) is 1. The molecule has 0 saturated heterocycles. The Hall–Kier alpha value is -1.95. The predicted octanol–water partition coefficient (Wildman–Crippen LogP) is 1.10. The van der Waals surface area contributed by atoms with Crippen molar-refractivity contribution in [1.82, 2.24) is 25.5 Å². The quantitative estimate of drug-likeness (QED) is 0.808. The van der Waals surface area contributed by atoms with Gasteiger partial charge in [0, 0.05) is 19.6 Å². The van der Waals surface area contributed by atoms with Crippen LogP contribution in [0.4, 0.5) is 5.95 Å². The Balaban J connectivity index is 2.26. The van der Waals surface area contributed by atoms with E-state index < -0.39 is 0 Å². The van der Waals surface area contributed by atoms with Gasteiger partial charge >= 0.3 is 0 Å². The van der Waals surface area contributed by atoms with Crippen LogP contribution < -0.4 is 10.2 Å². The smallest absolute Gasteiger partial charge is 0.250 e. The summed E-state index contributed by atoms with van der Waals surface area (Å²) in [6, 6.07) is 9.96. The van der Waals surface area contributed by atoms with Crippen molar-refractivity contribution in [3.63, 3.8) is 0 Å². The number of anilines is 1. The molecule has 1 heterocycles. The number of aromatic nitrogens is 4. The lowest BCUT2D eigenvalue weighted by Crippen LogP contribution is -2.33. The molecule has 1 aromatic carbocycles. The first-order valence-electron chi connectivity index (χ1n) is 6.60. The van der Waals surface area contributed by atoms with Gasteiger partial charge in [0.1, 0.15) is 0 Å². The standard InChI is InChI=1S/C13H20N6/c1-3-10-18(11-9-14-2)13-15-16-17-19(13)12-7-5-4-6-8-12/h4-8,14H,3,9-11H2,1-2H3. The molecule has 6 heteroatoms. The van der Waals surface area contributed by atoms with Crippen LogP contribution >= 0.6 is 0 Å². The van der Waals surface area contributed by atoms with Crippen molar-refractivity contribution in [2.24, 2.45) is 0 Å². The average Bonchev–Trinajstić information content (AvgIpc) is 2.93. The van der Waals surface area contributed by atoms with Crippen molar-refractivity contribution < 1.29 is 0 Å². The van der Waals surface area contributed by atoms with Crippen LogP contribution in [0.15, 0.2) is 30.3 Å². The maximum Gasteiger partial charge on any atom is 0.250 e. The third-order valence-corrected chi connectivity index (χ3v) is 2.86. The summed E-state index contributed by atoms with van der Waals surface area (Å²) in [5.74, 6) is 0.795. The van der Waals surface area contributed by atoms with E-state index in [1.54, 1.807) is 4.68 Å². The van der Waals surface area contributed by atoms with Crippen LogP contribution in [-0.2, 0) is 0 Å². The van der Waals surface area contributed by atoms with E-state index >= 15 is 0 Å². The highest BCUT2D eigenvalue weighted by atomic mass is 15.6. The summed E-state index contributed by atoms with van der Waals surface area (Å²) in [5.41, 5.74) is 0.980. The van der Waals surface area contributed by atoms with Gasteiger partial charge < -0.3 is 10.2 Å². The largest absolute Gasteiger partial charge is 0.338 e. The van der Waals surface area contributed by atoms with E-state index in [0.717, 1.165) is 37.7 Å². The molecule has 0 aliphatic heterocycles. The van der Waals surface area contributed by atoms with Crippen molar-refractivity contribution in [3.8, 4) is 5.69 Å². The summed E-state index contributed by atoms with van der Waals surface area (Å²) < 4.78 is 1.78. The van der Waals surface area contributed by atoms with Gasteiger partial charge in [-0.3, -0.25) is 0 Å². The minimum absolute atomic E-state index is 0.795. The van der Waals surface area contributed by atoms with Crippen molar-refractivity contribution in [2.45, 2.75) is 13.3 Å². The minimum Gasteiger partial charge on any atom is -0.338 e. The first-order valence-corrected chi connectivity index (χ1v) is 6.60. The predicted molar refractivity (Wildman–Crippen MR) is 75.6 cm³/mol. The highest BCUT2D eigenvalue weighted by Crippen LogP contribution is 2.15. The molecule has 1 N–H and O–H groups in total. The Bertz CT molecular complexity index is 481. The summed E-state index contributed by atoms with van der Waals surface area (Å²) in [5, 5.41) is 15.2. The maximum atomic E-state index is 4.16. The fraction of sp³-hybridized carbons (Fsp3) is 0.462. The summed E-state index contributed by atoms with van der Waals surface area (Å²) >= 11 is 0. The van der Waals surface area contributed by atoms with Crippen molar-refractivity contribution in [2.75, 3.05) is 31.6 Å². The van der Waals surface area contributed by atoms with E-state index in [2.05, 4.69) is 32.7 Å². The molecule has 0 bridgehead atoms. The molecule has 102 valence electrons. The van der Waals surface area contributed by atoms with Crippen LogP contribution in [0, 0.1) is 0 Å². The Morgan fingerprint density at radius 2 is 2.00 bits per heavy atom. The van der Waals surface area contributed by atoms with Gasteiger partial charge in [0.05, 0.1) is 5.69 Å². The topological polar surface area (TPSA) is 58.9 Å². The molecule has 0 aliphatic carbocycles. The molecular weight excluding hydrogens is 240 g/mol. The number of nitrogens with zero attached hydrogens (tertiary/aromatic N) is 5. The number of likely N-dealkylation sites (N-methyl/N-ethyl adjacent to an activating group) is 1. The molecule has 6 nitrogen and oxygen atoms in total. The fourth-order valence-electron chi connectivity index (χ4n) is 1.94. The first-order chi connectivity index (χ1) is 9.36. The fourth-order valence-corrected chi connectivity index (χ4v) is 1.94. The lowest BCUT2D eigenvalue weighted by Gasteiger charge is -2.22. The molecule has 2 aromatic rings. The van der Waals surface area contributed by atoms with Gasteiger partial charge in [-0.15, -0.1) is 0 Å². The summed E-state index contributed by atoms with van der Waals surface area (Å²) in [6.07, 6.45) is 1.06. The van der Waals surface area contributed by atoms with Gasteiger partial charge in [0.15, 0.2) is 0 Å². The maximum absolute atomic E-state index is 4.16. The Morgan fingerprint density at radius 3 is 2.68 bits per heavy atom. The summed E-state index contributed by atoms with van der Waals surface area (Å²) in [7, 11) is 1.95. The summed E-state index contributed by atoms with van der Waals surface area (Å²) in [6.45, 7) is 4.89. The lowest BCUT2D eigenvalue weighted by atomic mass is 10.3. The van der Waals surface area contributed by atoms with E-state index in [0.29, 0.717) is 0 Å². The van der Waals surface area contributed by atoms with E-state index in [9.17, 15) is 0 Å². The zero-order chi connectivity index (χ0) is 13.5. The van der Waals surface area contributed by atoms with Crippen LogP contribution in [-0.4, -0.2) is 46.9 Å². The van der Waals surface area contributed by atoms with Crippen molar-refractivity contribution in [3.05, 3.63) is 30.3 Å². The average molecular weight is 260 g/mol. The van der Waals surface area contributed by atoms with Crippen molar-refractivity contribution in [1.29, 1.82) is 0 Å². The first kappa shape index (κ1) is 13.5. The van der Waals surface area contributed by atoms with Gasteiger partial charge in [0.2, 0.25) is 5.95 Å². The Kier molecular flexibility index (Phi) is 4.85. The van der Waals surface area contributed by atoms with Gasteiger partial charge in [-0.2, -0.15) is 4.68 Å². The highest BCUT2D eigenvalue weighted by Gasteiger charge is 2.14. The van der Waals surface area contributed by atoms with Gasteiger partial charge in [-0.1, -0.05) is 30.2 Å². The van der Waals surface area contributed by atoms with Crippen molar-refractivity contribution >= 4 is 5.95 Å². The van der Waals surface area contributed by atoms with E-state index in [4.69, 9.17) is 0 Å². The number of hydrogen-bond acceptors (Lipinski definition) is 5. The number of tetrazole rings is 1. The number of benzene rings is 1. The van der Waals surface area contributed by atoms with E-state index in [1.807, 2.05) is 37.4 Å². The monoisotopic (exact) mass is 260 g/mol. The third kappa shape index (κ3) is 3.29. The molecular formula is C13H20N6. The second-order valence-electron chi connectivity index (χ2n) is 4.32. The second kappa shape index (κ2) is 6.84. The second-order valence-corrected chi connectivity index (χ2v) is 4.32. The number of hydrogen-bond donors (Lipinski definition) is 1. The molecule has 19 heavy (non-hydrogen) atoms. The van der Waals surface area contributed by atoms with E-state index in [1.165, 1.54) is 0 Å². The Morgan fingerprint density at radius 1 is 1.21 bits per heavy atom. The van der Waals surface area contributed by atoms with Crippen LogP contribution in [0.2, 0.25) is 0 Å². The lowest BCUT2D eigenvalue weighted by molar-refractivity contribution is 0.680. The van der Waals surface area contributed by atoms with Crippen LogP contribution in [0.3, 0.4) is 0 Å². The highest BCUT2D eigenvalue weighted by molar-refractivity contribution is 5.40.